The molecule has 0 unspecified atom stereocenters. The van der Waals surface area contributed by atoms with Crippen LogP contribution in [-0.4, -0.2) is 38.7 Å². The molecule has 0 aliphatic rings. The van der Waals surface area contributed by atoms with Crippen molar-refractivity contribution in [1.82, 2.24) is 14.6 Å². The van der Waals surface area contributed by atoms with Crippen LogP contribution in [0.4, 0.5) is 0 Å². The Bertz CT molecular complexity index is 597. The molecule has 0 spiro atoms. The molecular formula is C12H13N3O3S. The van der Waals surface area contributed by atoms with Gasteiger partial charge in [-0.05, 0) is 19.1 Å². The van der Waals surface area contributed by atoms with Crippen LogP contribution < -0.4 is 0 Å². The van der Waals surface area contributed by atoms with Gasteiger partial charge in [-0.2, -0.15) is 0 Å². The van der Waals surface area contributed by atoms with E-state index in [0.29, 0.717) is 5.16 Å². The van der Waals surface area contributed by atoms with Crippen LogP contribution in [0.2, 0.25) is 0 Å². The molecule has 0 radical (unpaired) electrons. The van der Waals surface area contributed by atoms with Gasteiger partial charge in [-0.15, -0.1) is 10.2 Å². The van der Waals surface area contributed by atoms with Crippen molar-refractivity contribution in [2.45, 2.75) is 18.5 Å². The monoisotopic (exact) mass is 279 g/mol. The fourth-order valence-electron chi connectivity index (χ4n) is 1.49. The largest absolute Gasteiger partial charge is 0.466 e. The maximum absolute atomic E-state index is 11.6. The summed E-state index contributed by atoms with van der Waals surface area (Å²) in [4.78, 5) is 22.7. The number of carbonyl (C=O) groups excluding carboxylic acids is 2. The fraction of sp³-hybridized carbons (Fsp3) is 0.333. The number of hydrogen-bond donors (Lipinski definition) is 0. The molecule has 6 nitrogen and oxygen atoms in total. The Morgan fingerprint density at radius 2 is 2.21 bits per heavy atom. The Hall–Kier alpha value is -1.89. The summed E-state index contributed by atoms with van der Waals surface area (Å²) in [5, 5.41) is 8.60. The minimum absolute atomic E-state index is 0.175. The van der Waals surface area contributed by atoms with Crippen molar-refractivity contribution in [2.24, 2.45) is 0 Å². The maximum atomic E-state index is 11.6. The Morgan fingerprint density at radius 3 is 3.00 bits per heavy atom. The SMILES string of the molecule is CCOC(=O)CC(=O)CSc1nnc2ccccn12. The summed E-state index contributed by atoms with van der Waals surface area (Å²) in [7, 11) is 0. The van der Waals surface area contributed by atoms with E-state index in [-0.39, 0.29) is 24.6 Å². The molecule has 0 atom stereocenters. The van der Waals surface area contributed by atoms with E-state index in [1.54, 1.807) is 11.3 Å². The lowest BCUT2D eigenvalue weighted by atomic mass is 10.3. The molecule has 7 heteroatoms. The summed E-state index contributed by atoms with van der Waals surface area (Å²) < 4.78 is 6.51. The zero-order chi connectivity index (χ0) is 13.7. The van der Waals surface area contributed by atoms with Crippen LogP contribution in [0, 0.1) is 0 Å². The molecule has 0 aliphatic carbocycles. The standard InChI is InChI=1S/C12H13N3O3S/c1-2-18-11(17)7-9(16)8-19-12-14-13-10-5-3-4-6-15(10)12/h3-6H,2,7-8H2,1H3. The number of esters is 1. The topological polar surface area (TPSA) is 73.6 Å². The second-order valence-corrected chi connectivity index (χ2v) is 4.66. The second kappa shape index (κ2) is 6.33. The number of hydrogen-bond acceptors (Lipinski definition) is 6. The molecule has 0 aliphatic heterocycles. The van der Waals surface area contributed by atoms with Crippen molar-refractivity contribution in [1.29, 1.82) is 0 Å². The molecule has 2 heterocycles. The van der Waals surface area contributed by atoms with E-state index in [1.807, 2.05) is 24.4 Å². The highest BCUT2D eigenvalue weighted by molar-refractivity contribution is 7.99. The first-order chi connectivity index (χ1) is 9.20. The minimum atomic E-state index is -0.487. The second-order valence-electron chi connectivity index (χ2n) is 3.72. The highest BCUT2D eigenvalue weighted by Crippen LogP contribution is 2.16. The van der Waals surface area contributed by atoms with Gasteiger partial charge in [0.1, 0.15) is 6.42 Å². The number of thioether (sulfide) groups is 1. The van der Waals surface area contributed by atoms with Gasteiger partial charge in [-0.3, -0.25) is 14.0 Å². The molecule has 0 N–H and O–H groups in total. The van der Waals surface area contributed by atoms with Crippen molar-refractivity contribution in [3.8, 4) is 0 Å². The number of fused-ring (bicyclic) bond motifs is 1. The van der Waals surface area contributed by atoms with Gasteiger partial charge < -0.3 is 4.74 Å². The number of carbonyl (C=O) groups is 2. The third-order valence-corrected chi connectivity index (χ3v) is 3.29. The summed E-state index contributed by atoms with van der Waals surface area (Å²) in [5.74, 6) is -0.496. The van der Waals surface area contributed by atoms with Crippen LogP contribution in [0.25, 0.3) is 5.65 Å². The van der Waals surface area contributed by atoms with Crippen LogP contribution in [0.3, 0.4) is 0 Å². The first-order valence-corrected chi connectivity index (χ1v) is 6.79. The third kappa shape index (κ3) is 3.54. The van der Waals surface area contributed by atoms with Crippen molar-refractivity contribution < 1.29 is 14.3 Å². The van der Waals surface area contributed by atoms with Gasteiger partial charge in [0, 0.05) is 6.20 Å². The molecule has 2 rings (SSSR count). The molecule has 0 saturated heterocycles. The zero-order valence-electron chi connectivity index (χ0n) is 10.4. The molecule has 0 bridgehead atoms. The number of rotatable bonds is 6. The van der Waals surface area contributed by atoms with E-state index in [0.717, 1.165) is 5.65 Å². The number of pyridine rings is 1. The van der Waals surface area contributed by atoms with E-state index in [2.05, 4.69) is 10.2 Å². The van der Waals surface area contributed by atoms with Gasteiger partial charge >= 0.3 is 5.97 Å². The maximum Gasteiger partial charge on any atom is 0.313 e. The zero-order valence-corrected chi connectivity index (χ0v) is 11.2. The highest BCUT2D eigenvalue weighted by Gasteiger charge is 2.13. The van der Waals surface area contributed by atoms with Crippen molar-refractivity contribution in [2.75, 3.05) is 12.4 Å². The van der Waals surface area contributed by atoms with E-state index >= 15 is 0 Å². The molecule has 2 aromatic heterocycles. The first-order valence-electron chi connectivity index (χ1n) is 5.80. The summed E-state index contributed by atoms with van der Waals surface area (Å²) in [6.07, 6.45) is 1.63. The van der Waals surface area contributed by atoms with Gasteiger partial charge in [-0.25, -0.2) is 0 Å². The van der Waals surface area contributed by atoms with Gasteiger partial charge in [0.25, 0.3) is 0 Å². The number of Topliss-reactive ketones (excluding diaryl/α,β-unsaturated/α-hetero) is 1. The summed E-state index contributed by atoms with van der Waals surface area (Å²) in [6, 6.07) is 5.56. The van der Waals surface area contributed by atoms with Crippen LogP contribution in [0.1, 0.15) is 13.3 Å². The van der Waals surface area contributed by atoms with Crippen LogP contribution in [0.5, 0.6) is 0 Å². The van der Waals surface area contributed by atoms with Gasteiger partial charge in [-0.1, -0.05) is 17.8 Å². The van der Waals surface area contributed by atoms with Crippen LogP contribution in [-0.2, 0) is 14.3 Å². The Balaban J connectivity index is 1.92. The minimum Gasteiger partial charge on any atom is -0.466 e. The Kier molecular flexibility index (Phi) is 4.51. The Labute approximate surface area is 114 Å². The van der Waals surface area contributed by atoms with Crippen molar-refractivity contribution in [3.63, 3.8) is 0 Å². The third-order valence-electron chi connectivity index (χ3n) is 2.29. The summed E-state index contributed by atoms with van der Waals surface area (Å²) >= 11 is 1.26. The van der Waals surface area contributed by atoms with E-state index < -0.39 is 5.97 Å². The number of ether oxygens (including phenoxy) is 1. The van der Waals surface area contributed by atoms with E-state index in [1.165, 1.54) is 11.8 Å². The van der Waals surface area contributed by atoms with Gasteiger partial charge in [0.2, 0.25) is 0 Å². The molecular weight excluding hydrogens is 266 g/mol. The molecule has 0 amide bonds. The number of ketones is 1. The van der Waals surface area contributed by atoms with Crippen LogP contribution in [0.15, 0.2) is 29.6 Å². The normalized spacial score (nSPS) is 10.6. The van der Waals surface area contributed by atoms with E-state index in [4.69, 9.17) is 4.74 Å². The average Bonchev–Trinajstić information content (AvgIpc) is 2.80. The number of aromatic nitrogens is 3. The molecule has 0 aromatic carbocycles. The molecule has 19 heavy (non-hydrogen) atoms. The quantitative estimate of drug-likeness (QED) is 0.451. The molecule has 0 saturated carbocycles. The fourth-order valence-corrected chi connectivity index (χ4v) is 2.27. The molecule has 0 fully saturated rings. The van der Waals surface area contributed by atoms with Crippen molar-refractivity contribution >= 4 is 29.2 Å². The lowest BCUT2D eigenvalue weighted by molar-refractivity contribution is -0.145. The lowest BCUT2D eigenvalue weighted by Gasteiger charge is -2.01. The smallest absolute Gasteiger partial charge is 0.313 e. The van der Waals surface area contributed by atoms with E-state index in [9.17, 15) is 9.59 Å². The van der Waals surface area contributed by atoms with Gasteiger partial charge in [0.15, 0.2) is 16.6 Å². The summed E-state index contributed by atoms with van der Waals surface area (Å²) in [6.45, 7) is 1.99. The number of nitrogens with zero attached hydrogens (tertiary/aromatic N) is 3. The predicted molar refractivity (Wildman–Crippen MR) is 70.0 cm³/mol. The van der Waals surface area contributed by atoms with Crippen LogP contribution >= 0.6 is 11.8 Å². The first kappa shape index (κ1) is 13.5. The van der Waals surface area contributed by atoms with Crippen molar-refractivity contribution in [3.05, 3.63) is 24.4 Å². The predicted octanol–water partition coefficient (Wildman–Crippen LogP) is 1.34. The van der Waals surface area contributed by atoms with Gasteiger partial charge in [0.05, 0.1) is 12.4 Å². The summed E-state index contributed by atoms with van der Waals surface area (Å²) in [5.41, 5.74) is 0.725. The molecule has 2 aromatic rings. The highest BCUT2D eigenvalue weighted by atomic mass is 32.2. The lowest BCUT2D eigenvalue weighted by Crippen LogP contribution is -2.12. The molecule has 100 valence electrons. The Morgan fingerprint density at radius 1 is 1.37 bits per heavy atom. The average molecular weight is 279 g/mol.